The molecule has 0 spiro atoms. The van der Waals surface area contributed by atoms with Gasteiger partial charge in [0.1, 0.15) is 18.1 Å². The molecule has 0 saturated carbocycles. The van der Waals surface area contributed by atoms with Gasteiger partial charge in [-0.1, -0.05) is 60.7 Å². The zero-order valence-corrected chi connectivity index (χ0v) is 14.1. The minimum Gasteiger partial charge on any atom is -0.496 e. The van der Waals surface area contributed by atoms with Crippen molar-refractivity contribution in [1.82, 2.24) is 0 Å². The van der Waals surface area contributed by atoms with Crippen LogP contribution >= 0.6 is 0 Å². The number of methoxy groups -OCH3 is 1. The maximum atomic E-state index is 12.6. The molecule has 126 valence electrons. The first kappa shape index (κ1) is 16.8. The van der Waals surface area contributed by atoms with Crippen LogP contribution in [0.2, 0.25) is 0 Å². The van der Waals surface area contributed by atoms with E-state index in [0.29, 0.717) is 24.3 Å². The van der Waals surface area contributed by atoms with E-state index in [2.05, 4.69) is 0 Å². The number of Topliss-reactive ketones (excluding diaryl/α,β-unsaturated/α-hetero) is 1. The lowest BCUT2D eigenvalue weighted by Gasteiger charge is -2.09. The van der Waals surface area contributed by atoms with Crippen LogP contribution in [0, 0.1) is 0 Å². The van der Waals surface area contributed by atoms with Crippen LogP contribution in [-0.4, -0.2) is 12.9 Å². The maximum absolute atomic E-state index is 12.6. The third kappa shape index (κ3) is 4.48. The number of ether oxygens (including phenoxy) is 2. The van der Waals surface area contributed by atoms with Gasteiger partial charge in [-0.15, -0.1) is 0 Å². The fourth-order valence-corrected chi connectivity index (χ4v) is 2.62. The molecular weight excluding hydrogens is 312 g/mol. The largest absolute Gasteiger partial charge is 0.496 e. The highest BCUT2D eigenvalue weighted by Crippen LogP contribution is 2.21. The molecule has 3 rings (SSSR count). The van der Waals surface area contributed by atoms with Crippen molar-refractivity contribution in [2.24, 2.45) is 0 Å². The van der Waals surface area contributed by atoms with Crippen molar-refractivity contribution >= 4 is 5.78 Å². The minimum atomic E-state index is 0.0367. The Labute approximate surface area is 147 Å². The molecule has 3 heteroatoms. The molecule has 0 saturated heterocycles. The van der Waals surface area contributed by atoms with Crippen molar-refractivity contribution in [3.8, 4) is 11.5 Å². The summed E-state index contributed by atoms with van der Waals surface area (Å²) < 4.78 is 11.1. The summed E-state index contributed by atoms with van der Waals surface area (Å²) >= 11 is 0. The van der Waals surface area contributed by atoms with E-state index >= 15 is 0 Å². The van der Waals surface area contributed by atoms with E-state index in [4.69, 9.17) is 9.47 Å². The Bertz CT molecular complexity index is 841. The summed E-state index contributed by atoms with van der Waals surface area (Å²) in [5.41, 5.74) is 2.61. The van der Waals surface area contributed by atoms with Crippen LogP contribution in [0.3, 0.4) is 0 Å². The fraction of sp³-hybridized carbons (Fsp3) is 0.136. The Balaban J connectivity index is 1.69. The molecule has 0 aliphatic carbocycles. The molecule has 0 aromatic heterocycles. The van der Waals surface area contributed by atoms with Gasteiger partial charge in [0.2, 0.25) is 0 Å². The molecule has 0 atom stereocenters. The molecule has 0 radical (unpaired) electrons. The van der Waals surface area contributed by atoms with Gasteiger partial charge in [0.15, 0.2) is 5.78 Å². The summed E-state index contributed by atoms with van der Waals surface area (Å²) in [6, 6.07) is 24.8. The van der Waals surface area contributed by atoms with E-state index < -0.39 is 0 Å². The van der Waals surface area contributed by atoms with Crippen molar-refractivity contribution in [3.05, 3.63) is 95.6 Å². The average molecular weight is 332 g/mol. The smallest absolute Gasteiger partial charge is 0.167 e. The lowest BCUT2D eigenvalue weighted by Crippen LogP contribution is -2.05. The van der Waals surface area contributed by atoms with Crippen molar-refractivity contribution in [3.63, 3.8) is 0 Å². The van der Waals surface area contributed by atoms with E-state index in [9.17, 15) is 4.79 Å². The number of benzene rings is 3. The third-order valence-electron chi connectivity index (χ3n) is 3.95. The Kier molecular flexibility index (Phi) is 5.47. The van der Waals surface area contributed by atoms with Crippen molar-refractivity contribution in [2.75, 3.05) is 7.11 Å². The van der Waals surface area contributed by atoms with Gasteiger partial charge in [0.05, 0.1) is 7.11 Å². The summed E-state index contributed by atoms with van der Waals surface area (Å²) in [6.07, 6.45) is 0.298. The molecule has 0 aliphatic rings. The number of carbonyl (C=O) groups excluding carboxylic acids is 1. The van der Waals surface area contributed by atoms with Gasteiger partial charge in [-0.2, -0.15) is 0 Å². The van der Waals surface area contributed by atoms with Gasteiger partial charge < -0.3 is 9.47 Å². The summed E-state index contributed by atoms with van der Waals surface area (Å²) in [4.78, 5) is 12.6. The first-order valence-electron chi connectivity index (χ1n) is 8.18. The molecule has 3 aromatic carbocycles. The second kappa shape index (κ2) is 8.15. The number of carbonyl (C=O) groups is 1. The highest BCUT2D eigenvalue weighted by Gasteiger charge is 2.11. The number of rotatable bonds is 7. The lowest BCUT2D eigenvalue weighted by molar-refractivity contribution is 0.0991. The summed E-state index contributed by atoms with van der Waals surface area (Å²) in [5.74, 6) is 1.46. The van der Waals surface area contributed by atoms with Crippen LogP contribution in [-0.2, 0) is 13.0 Å². The van der Waals surface area contributed by atoms with E-state index in [1.54, 1.807) is 13.2 Å². The maximum Gasteiger partial charge on any atom is 0.167 e. The molecule has 0 fully saturated rings. The predicted octanol–water partition coefficient (Wildman–Crippen LogP) is 4.70. The molecule has 3 nitrogen and oxygen atoms in total. The Morgan fingerprint density at radius 2 is 1.64 bits per heavy atom. The molecule has 0 amide bonds. The van der Waals surface area contributed by atoms with Gasteiger partial charge in [-0.05, 0) is 23.8 Å². The van der Waals surface area contributed by atoms with Gasteiger partial charge in [-0.25, -0.2) is 0 Å². The molecule has 0 bridgehead atoms. The Hall–Kier alpha value is -3.07. The van der Waals surface area contributed by atoms with Crippen molar-refractivity contribution in [1.29, 1.82) is 0 Å². The normalized spacial score (nSPS) is 10.3. The Morgan fingerprint density at radius 1 is 0.880 bits per heavy atom. The van der Waals surface area contributed by atoms with Gasteiger partial charge in [0, 0.05) is 17.5 Å². The average Bonchev–Trinajstić information content (AvgIpc) is 2.68. The highest BCUT2D eigenvalue weighted by atomic mass is 16.5. The summed E-state index contributed by atoms with van der Waals surface area (Å²) in [6.45, 7) is 0.477. The zero-order chi connectivity index (χ0) is 17.5. The number of para-hydroxylation sites is 1. The van der Waals surface area contributed by atoms with E-state index in [1.165, 1.54) is 0 Å². The molecule has 0 heterocycles. The van der Waals surface area contributed by atoms with Crippen molar-refractivity contribution < 1.29 is 14.3 Å². The molecule has 0 unspecified atom stereocenters. The second-order valence-electron chi connectivity index (χ2n) is 5.71. The molecule has 0 aliphatic heterocycles. The Morgan fingerprint density at radius 3 is 2.44 bits per heavy atom. The molecule has 25 heavy (non-hydrogen) atoms. The van der Waals surface area contributed by atoms with Gasteiger partial charge in [-0.3, -0.25) is 4.79 Å². The summed E-state index contributed by atoms with van der Waals surface area (Å²) in [7, 11) is 1.61. The van der Waals surface area contributed by atoms with E-state index in [-0.39, 0.29) is 5.78 Å². The number of hydrogen-bond acceptors (Lipinski definition) is 3. The first-order chi connectivity index (χ1) is 12.3. The van der Waals surface area contributed by atoms with Crippen LogP contribution in [0.4, 0.5) is 0 Å². The SMILES string of the molecule is COc1ccccc1CC(=O)c1cccc(OCc2ccccc2)c1. The minimum absolute atomic E-state index is 0.0367. The monoisotopic (exact) mass is 332 g/mol. The third-order valence-corrected chi connectivity index (χ3v) is 3.95. The van der Waals surface area contributed by atoms with E-state index in [1.807, 2.05) is 72.8 Å². The first-order valence-corrected chi connectivity index (χ1v) is 8.18. The van der Waals surface area contributed by atoms with Crippen LogP contribution in [0.5, 0.6) is 11.5 Å². The standard InChI is InChI=1S/C22H20O3/c1-24-22-13-6-5-10-19(22)15-21(23)18-11-7-12-20(14-18)25-16-17-8-3-2-4-9-17/h2-14H,15-16H2,1H3. The quantitative estimate of drug-likeness (QED) is 0.588. The van der Waals surface area contributed by atoms with E-state index in [0.717, 1.165) is 16.9 Å². The van der Waals surface area contributed by atoms with Crippen LogP contribution in [0.25, 0.3) is 0 Å². The topological polar surface area (TPSA) is 35.5 Å². The van der Waals surface area contributed by atoms with Gasteiger partial charge in [0.25, 0.3) is 0 Å². The van der Waals surface area contributed by atoms with Gasteiger partial charge >= 0.3 is 0 Å². The number of ketones is 1. The lowest BCUT2D eigenvalue weighted by atomic mass is 10.0. The van der Waals surface area contributed by atoms with Crippen molar-refractivity contribution in [2.45, 2.75) is 13.0 Å². The van der Waals surface area contributed by atoms with Crippen LogP contribution < -0.4 is 9.47 Å². The molecular formula is C22H20O3. The number of hydrogen-bond donors (Lipinski definition) is 0. The second-order valence-corrected chi connectivity index (χ2v) is 5.71. The van der Waals surface area contributed by atoms with Crippen LogP contribution in [0.15, 0.2) is 78.9 Å². The summed E-state index contributed by atoms with van der Waals surface area (Å²) in [5, 5.41) is 0. The zero-order valence-electron chi connectivity index (χ0n) is 14.1. The fourth-order valence-electron chi connectivity index (χ4n) is 2.62. The van der Waals surface area contributed by atoms with Crippen LogP contribution in [0.1, 0.15) is 21.5 Å². The predicted molar refractivity (Wildman–Crippen MR) is 98.2 cm³/mol. The highest BCUT2D eigenvalue weighted by molar-refractivity contribution is 5.98. The molecule has 3 aromatic rings. The molecule has 0 N–H and O–H groups in total.